The van der Waals surface area contributed by atoms with E-state index in [9.17, 15) is 0 Å². The van der Waals surface area contributed by atoms with Gasteiger partial charge in [0, 0.05) is 36.1 Å². The number of aliphatic hydroxyl groups is 1. The summed E-state index contributed by atoms with van der Waals surface area (Å²) in [5.41, 5.74) is 4.92. The number of hydrogen-bond acceptors (Lipinski definition) is 5. The Kier molecular flexibility index (Phi) is 4.67. The van der Waals surface area contributed by atoms with E-state index in [4.69, 9.17) is 10.1 Å². The van der Waals surface area contributed by atoms with Gasteiger partial charge in [0.15, 0.2) is 0 Å². The minimum atomic E-state index is 0.0840. The Bertz CT molecular complexity index is 899. The van der Waals surface area contributed by atoms with Crippen LogP contribution in [0.5, 0.6) is 0 Å². The molecule has 134 valence electrons. The molecule has 0 bridgehead atoms. The molecular weight excluding hydrogens is 326 g/mol. The van der Waals surface area contributed by atoms with Crippen molar-refractivity contribution >= 4 is 5.95 Å². The van der Waals surface area contributed by atoms with E-state index < -0.39 is 0 Å². The van der Waals surface area contributed by atoms with Crippen molar-refractivity contribution < 1.29 is 5.11 Å². The minimum Gasteiger partial charge on any atom is -0.394 e. The molecule has 26 heavy (non-hydrogen) atoms. The number of aryl methyl sites for hydroxylation is 1. The summed E-state index contributed by atoms with van der Waals surface area (Å²) in [6, 6.07) is 12.3. The van der Waals surface area contributed by atoms with Gasteiger partial charge in [-0.3, -0.25) is 4.68 Å². The SMILES string of the molecule is Cc1cc(-c2cccc(-c3ccn(CCO)n3)c2)nc(N2CCCC2)n1. The molecule has 0 aliphatic carbocycles. The first kappa shape index (κ1) is 16.7. The fourth-order valence-electron chi connectivity index (χ4n) is 3.34. The molecule has 0 amide bonds. The Morgan fingerprint density at radius 3 is 2.54 bits per heavy atom. The third-order valence-corrected chi connectivity index (χ3v) is 4.66. The van der Waals surface area contributed by atoms with Gasteiger partial charge in [-0.05, 0) is 38.0 Å². The van der Waals surface area contributed by atoms with E-state index in [2.05, 4.69) is 27.1 Å². The molecule has 0 saturated carbocycles. The van der Waals surface area contributed by atoms with Crippen LogP contribution in [0.2, 0.25) is 0 Å². The highest BCUT2D eigenvalue weighted by Crippen LogP contribution is 2.26. The van der Waals surface area contributed by atoms with Crippen LogP contribution < -0.4 is 4.90 Å². The highest BCUT2D eigenvalue weighted by molar-refractivity contribution is 5.70. The first-order chi connectivity index (χ1) is 12.7. The molecule has 3 heterocycles. The second kappa shape index (κ2) is 7.25. The first-order valence-corrected chi connectivity index (χ1v) is 9.09. The van der Waals surface area contributed by atoms with Crippen molar-refractivity contribution in [2.24, 2.45) is 0 Å². The van der Waals surface area contributed by atoms with Crippen LogP contribution >= 0.6 is 0 Å². The molecule has 0 atom stereocenters. The Hall–Kier alpha value is -2.73. The standard InChI is InChI=1S/C20H23N5O/c1-15-13-19(22-20(21-15)24-8-2-3-9-24)17-6-4-5-16(14-17)18-7-10-25(23-18)11-12-26/h4-7,10,13-14,26H,2-3,8-9,11-12H2,1H3. The maximum absolute atomic E-state index is 9.06. The first-order valence-electron chi connectivity index (χ1n) is 9.09. The monoisotopic (exact) mass is 349 g/mol. The number of anilines is 1. The Labute approximate surface area is 153 Å². The van der Waals surface area contributed by atoms with Crippen molar-refractivity contribution in [3.63, 3.8) is 0 Å². The lowest BCUT2D eigenvalue weighted by Gasteiger charge is -2.16. The second-order valence-corrected chi connectivity index (χ2v) is 6.66. The molecule has 1 N–H and O–H groups in total. The molecule has 1 aliphatic heterocycles. The molecule has 0 spiro atoms. The molecule has 3 aromatic rings. The quantitative estimate of drug-likeness (QED) is 0.767. The predicted molar refractivity (Wildman–Crippen MR) is 102 cm³/mol. The second-order valence-electron chi connectivity index (χ2n) is 6.66. The molecule has 1 aliphatic rings. The van der Waals surface area contributed by atoms with Crippen molar-refractivity contribution in [2.45, 2.75) is 26.3 Å². The normalized spacial score (nSPS) is 14.2. The maximum atomic E-state index is 9.06. The van der Waals surface area contributed by atoms with Crippen LogP contribution in [-0.4, -0.2) is 44.6 Å². The van der Waals surface area contributed by atoms with Gasteiger partial charge in [-0.15, -0.1) is 0 Å². The molecule has 6 heteroatoms. The molecule has 1 saturated heterocycles. The van der Waals surface area contributed by atoms with Gasteiger partial charge in [0.2, 0.25) is 5.95 Å². The third-order valence-electron chi connectivity index (χ3n) is 4.66. The van der Waals surface area contributed by atoms with Crippen molar-refractivity contribution in [1.29, 1.82) is 0 Å². The number of aliphatic hydroxyl groups excluding tert-OH is 1. The minimum absolute atomic E-state index is 0.0840. The van der Waals surface area contributed by atoms with Crippen LogP contribution in [0.1, 0.15) is 18.5 Å². The number of hydrogen-bond donors (Lipinski definition) is 1. The summed E-state index contributed by atoms with van der Waals surface area (Å²) in [4.78, 5) is 11.7. The summed E-state index contributed by atoms with van der Waals surface area (Å²) in [6.45, 7) is 4.67. The zero-order chi connectivity index (χ0) is 17.9. The molecule has 0 radical (unpaired) electrons. The lowest BCUT2D eigenvalue weighted by Crippen LogP contribution is -2.20. The summed E-state index contributed by atoms with van der Waals surface area (Å²) in [6.07, 6.45) is 4.30. The summed E-state index contributed by atoms with van der Waals surface area (Å²) >= 11 is 0. The number of rotatable bonds is 5. The highest BCUT2D eigenvalue weighted by atomic mass is 16.3. The number of nitrogens with zero attached hydrogens (tertiary/aromatic N) is 5. The number of aromatic nitrogens is 4. The maximum Gasteiger partial charge on any atom is 0.226 e. The summed E-state index contributed by atoms with van der Waals surface area (Å²) in [5.74, 6) is 0.829. The van der Waals surface area contributed by atoms with Crippen LogP contribution in [0.25, 0.3) is 22.5 Å². The topological polar surface area (TPSA) is 67.1 Å². The van der Waals surface area contributed by atoms with Gasteiger partial charge in [0.25, 0.3) is 0 Å². The highest BCUT2D eigenvalue weighted by Gasteiger charge is 2.16. The fourth-order valence-corrected chi connectivity index (χ4v) is 3.34. The van der Waals surface area contributed by atoms with Crippen LogP contribution in [0.3, 0.4) is 0 Å². The van der Waals surface area contributed by atoms with Gasteiger partial charge < -0.3 is 10.0 Å². The number of benzene rings is 1. The van der Waals surface area contributed by atoms with Gasteiger partial charge in [0.1, 0.15) is 0 Å². The molecule has 0 unspecified atom stereocenters. The third kappa shape index (κ3) is 3.46. The van der Waals surface area contributed by atoms with Gasteiger partial charge in [-0.2, -0.15) is 5.10 Å². The molecule has 6 nitrogen and oxygen atoms in total. The van der Waals surface area contributed by atoms with Crippen LogP contribution in [0.15, 0.2) is 42.6 Å². The average molecular weight is 349 g/mol. The van der Waals surface area contributed by atoms with Crippen LogP contribution in [0.4, 0.5) is 5.95 Å². The lowest BCUT2D eigenvalue weighted by atomic mass is 10.1. The van der Waals surface area contributed by atoms with E-state index in [1.165, 1.54) is 12.8 Å². The zero-order valence-electron chi connectivity index (χ0n) is 15.0. The summed E-state index contributed by atoms with van der Waals surface area (Å²) in [5, 5.41) is 13.6. The molecule has 2 aromatic heterocycles. The van der Waals surface area contributed by atoms with E-state index >= 15 is 0 Å². The Morgan fingerprint density at radius 1 is 1.00 bits per heavy atom. The van der Waals surface area contributed by atoms with E-state index in [1.807, 2.05) is 37.4 Å². The summed E-state index contributed by atoms with van der Waals surface area (Å²) < 4.78 is 1.75. The molecule has 1 aromatic carbocycles. The van der Waals surface area contributed by atoms with Gasteiger partial charge >= 0.3 is 0 Å². The van der Waals surface area contributed by atoms with E-state index in [0.717, 1.165) is 47.2 Å². The van der Waals surface area contributed by atoms with Crippen LogP contribution in [-0.2, 0) is 6.54 Å². The van der Waals surface area contributed by atoms with Gasteiger partial charge in [-0.25, -0.2) is 9.97 Å². The van der Waals surface area contributed by atoms with Crippen molar-refractivity contribution in [3.05, 3.63) is 48.3 Å². The average Bonchev–Trinajstić information content (AvgIpc) is 3.34. The zero-order valence-corrected chi connectivity index (χ0v) is 15.0. The van der Waals surface area contributed by atoms with E-state index in [1.54, 1.807) is 4.68 Å². The smallest absolute Gasteiger partial charge is 0.226 e. The van der Waals surface area contributed by atoms with Crippen molar-refractivity contribution in [3.8, 4) is 22.5 Å². The van der Waals surface area contributed by atoms with Gasteiger partial charge in [0.05, 0.1) is 24.5 Å². The fraction of sp³-hybridized carbons (Fsp3) is 0.350. The molecular formula is C20H23N5O. The predicted octanol–water partition coefficient (Wildman–Crippen LogP) is 2.91. The Balaban J connectivity index is 1.67. The van der Waals surface area contributed by atoms with Gasteiger partial charge in [-0.1, -0.05) is 18.2 Å². The van der Waals surface area contributed by atoms with E-state index in [0.29, 0.717) is 6.54 Å². The van der Waals surface area contributed by atoms with Crippen molar-refractivity contribution in [2.75, 3.05) is 24.6 Å². The molecule has 4 rings (SSSR count). The molecule has 1 fully saturated rings. The summed E-state index contributed by atoms with van der Waals surface area (Å²) in [7, 11) is 0. The largest absolute Gasteiger partial charge is 0.394 e. The van der Waals surface area contributed by atoms with Crippen LogP contribution in [0, 0.1) is 6.92 Å². The Morgan fingerprint density at radius 2 is 1.77 bits per heavy atom. The van der Waals surface area contributed by atoms with Crippen molar-refractivity contribution in [1.82, 2.24) is 19.7 Å². The lowest BCUT2D eigenvalue weighted by molar-refractivity contribution is 0.269. The van der Waals surface area contributed by atoms with E-state index in [-0.39, 0.29) is 6.61 Å².